The van der Waals surface area contributed by atoms with Crippen molar-refractivity contribution in [3.8, 4) is 0 Å². The fourth-order valence-corrected chi connectivity index (χ4v) is 7.17. The van der Waals surface area contributed by atoms with Gasteiger partial charge in [0.25, 0.3) is 0 Å². The molecule has 6 rings (SSSR count). The van der Waals surface area contributed by atoms with Crippen LogP contribution in [0.15, 0.2) is 108 Å². The first-order chi connectivity index (χ1) is 23.0. The second kappa shape index (κ2) is 13.7. The Morgan fingerprint density at radius 3 is 2.29 bits per heavy atom. The van der Waals surface area contributed by atoms with Gasteiger partial charge in [-0.05, 0) is 73.1 Å². The number of ether oxygens (including phenoxy) is 2. The fourth-order valence-electron chi connectivity index (χ4n) is 5.98. The predicted octanol–water partition coefficient (Wildman–Crippen LogP) is 5.88. The smallest absolute Gasteiger partial charge is 0.408 e. The van der Waals surface area contributed by atoms with E-state index >= 15 is 0 Å². The third kappa shape index (κ3) is 7.16. The van der Waals surface area contributed by atoms with Gasteiger partial charge in [0.15, 0.2) is 12.1 Å². The number of esters is 1. The first kappa shape index (κ1) is 33.0. The summed E-state index contributed by atoms with van der Waals surface area (Å²) in [6, 6.07) is 22.6. The molecule has 0 spiro atoms. The van der Waals surface area contributed by atoms with E-state index in [0.29, 0.717) is 29.7 Å². The molecule has 3 aliphatic rings. The van der Waals surface area contributed by atoms with Crippen LogP contribution < -0.4 is 5.32 Å². The lowest BCUT2D eigenvalue weighted by Crippen LogP contribution is -2.74. The maximum atomic E-state index is 14.3. The highest BCUT2D eigenvalue weighted by Crippen LogP contribution is 2.42. The van der Waals surface area contributed by atoms with E-state index in [-0.39, 0.29) is 18.3 Å². The molecule has 3 aromatic rings. The third-order valence-electron chi connectivity index (χ3n) is 8.17. The van der Waals surface area contributed by atoms with Gasteiger partial charge in [-0.2, -0.15) is 0 Å². The van der Waals surface area contributed by atoms with Crippen LogP contribution in [0.4, 0.5) is 9.18 Å². The van der Waals surface area contributed by atoms with Crippen LogP contribution in [-0.2, 0) is 30.4 Å². The Morgan fingerprint density at radius 1 is 1.00 bits per heavy atom. The van der Waals surface area contributed by atoms with Gasteiger partial charge in [-0.15, -0.1) is 11.8 Å². The van der Waals surface area contributed by atoms with Crippen LogP contribution >= 0.6 is 11.8 Å². The van der Waals surface area contributed by atoms with Crippen molar-refractivity contribution < 1.29 is 33.0 Å². The summed E-state index contributed by atoms with van der Waals surface area (Å²) in [5.74, 6) is -1.75. The molecule has 3 amide bonds. The minimum atomic E-state index is -1.17. The predicted molar refractivity (Wildman–Crippen MR) is 179 cm³/mol. The minimum Gasteiger partial charge on any atom is -0.451 e. The van der Waals surface area contributed by atoms with Gasteiger partial charge >= 0.3 is 12.1 Å². The summed E-state index contributed by atoms with van der Waals surface area (Å²) >= 11 is 1.27. The number of β-lactam (4-membered cyclic amide) rings is 1. The second-order valence-electron chi connectivity index (χ2n) is 12.8. The third-order valence-corrected chi connectivity index (χ3v) is 9.35. The number of rotatable bonds is 8. The Morgan fingerprint density at radius 2 is 1.67 bits per heavy atom. The van der Waals surface area contributed by atoms with E-state index in [4.69, 9.17) is 9.47 Å². The summed E-state index contributed by atoms with van der Waals surface area (Å²) < 4.78 is 25.4. The summed E-state index contributed by atoms with van der Waals surface area (Å²) in [4.78, 5) is 57.0. The van der Waals surface area contributed by atoms with Crippen molar-refractivity contribution in [1.29, 1.82) is 0 Å². The average Bonchev–Trinajstić information content (AvgIpc) is 3.39. The van der Waals surface area contributed by atoms with Crippen LogP contribution in [0.25, 0.3) is 0 Å². The Balaban J connectivity index is 1.29. The van der Waals surface area contributed by atoms with Crippen molar-refractivity contribution in [1.82, 2.24) is 15.1 Å². The Labute approximate surface area is 282 Å². The van der Waals surface area contributed by atoms with Crippen LogP contribution in [0.3, 0.4) is 0 Å². The molecule has 0 saturated carbocycles. The molecule has 11 heteroatoms. The molecule has 3 aromatic carbocycles. The lowest BCUT2D eigenvalue weighted by molar-refractivity contribution is -0.164. The molecule has 0 aliphatic carbocycles. The van der Waals surface area contributed by atoms with Crippen LogP contribution in [0.1, 0.15) is 50.0 Å². The van der Waals surface area contributed by atoms with E-state index in [1.807, 2.05) is 60.7 Å². The minimum absolute atomic E-state index is 0.231. The van der Waals surface area contributed by atoms with E-state index in [1.54, 1.807) is 49.3 Å². The monoisotopic (exact) mass is 669 g/mol. The number of amides is 3. The Bertz CT molecular complexity index is 1730. The average molecular weight is 670 g/mol. The molecule has 3 aliphatic heterocycles. The van der Waals surface area contributed by atoms with Crippen molar-refractivity contribution in [3.63, 3.8) is 0 Å². The quantitative estimate of drug-likeness (QED) is 0.182. The number of alkyl carbamates (subject to hydrolysis) is 1. The highest BCUT2D eigenvalue weighted by molar-refractivity contribution is 8.03. The van der Waals surface area contributed by atoms with Gasteiger partial charge in [-0.3, -0.25) is 9.59 Å². The number of hydrogen-bond acceptors (Lipinski definition) is 7. The summed E-state index contributed by atoms with van der Waals surface area (Å²) in [5.41, 5.74) is 2.31. The molecule has 9 nitrogen and oxygen atoms in total. The standard InChI is InChI=1S/C37H36FN3O6S/c1-37(2,3)47-36(45)39-29-33(43)41-30(35(44)46-31(24-12-6-4-7-13-24)25-14-8-5-9-15-25)27(22-48-34(29)41)20-26-17-18-40(32(26)42)21-23-11-10-16-28(38)19-23/h4-16,19-20,22,29-31,34H,17-18,21H2,1-3H3,(H,39,45)/b26-20+/t29-,30-,34-/m1/s1. The van der Waals surface area contributed by atoms with Crippen LogP contribution in [0, 0.1) is 5.82 Å². The zero-order valence-electron chi connectivity index (χ0n) is 26.8. The highest BCUT2D eigenvalue weighted by atomic mass is 32.2. The number of benzene rings is 3. The van der Waals surface area contributed by atoms with Crippen molar-refractivity contribution in [3.05, 3.63) is 130 Å². The Hall–Kier alpha value is -4.90. The van der Waals surface area contributed by atoms with E-state index in [1.165, 1.54) is 28.8 Å². The molecule has 0 aromatic heterocycles. The fraction of sp³-hybridized carbons (Fsp3) is 0.297. The SMILES string of the molecule is CC(C)(C)OC(=O)N[C@@H]1C(=O)N2[C@@H](C(=O)OC(c3ccccc3)c3ccccc3)C(/C=C3\CCN(Cc4cccc(F)c4)C3=O)=CS[C@H]12. The molecule has 3 heterocycles. The molecule has 0 unspecified atom stereocenters. The van der Waals surface area contributed by atoms with Gasteiger partial charge in [0.2, 0.25) is 11.8 Å². The van der Waals surface area contributed by atoms with Crippen molar-refractivity contribution >= 4 is 35.6 Å². The number of carbonyl (C=O) groups is 4. The highest BCUT2D eigenvalue weighted by Gasteiger charge is 2.56. The lowest BCUT2D eigenvalue weighted by atomic mass is 9.95. The summed E-state index contributed by atoms with van der Waals surface area (Å²) in [7, 11) is 0. The first-order valence-electron chi connectivity index (χ1n) is 15.7. The maximum Gasteiger partial charge on any atom is 0.408 e. The maximum absolute atomic E-state index is 14.3. The van der Waals surface area contributed by atoms with E-state index in [2.05, 4.69) is 5.32 Å². The molecule has 248 valence electrons. The van der Waals surface area contributed by atoms with Crippen molar-refractivity contribution in [2.45, 2.75) is 62.9 Å². The largest absolute Gasteiger partial charge is 0.451 e. The van der Waals surface area contributed by atoms with Gasteiger partial charge in [-0.25, -0.2) is 14.0 Å². The van der Waals surface area contributed by atoms with E-state index in [0.717, 1.165) is 11.1 Å². The molecule has 48 heavy (non-hydrogen) atoms. The van der Waals surface area contributed by atoms with Crippen molar-refractivity contribution in [2.75, 3.05) is 6.54 Å². The molecule has 2 fully saturated rings. The summed E-state index contributed by atoms with van der Waals surface area (Å²) in [5, 5.41) is 3.80. The zero-order valence-corrected chi connectivity index (χ0v) is 27.6. The number of likely N-dealkylation sites (tertiary alicyclic amines) is 1. The van der Waals surface area contributed by atoms with Gasteiger partial charge < -0.3 is 24.6 Å². The molecule has 3 atom stereocenters. The van der Waals surface area contributed by atoms with E-state index < -0.39 is 47.1 Å². The van der Waals surface area contributed by atoms with Crippen LogP contribution in [0.2, 0.25) is 0 Å². The van der Waals surface area contributed by atoms with Crippen molar-refractivity contribution in [2.24, 2.45) is 0 Å². The summed E-state index contributed by atoms with van der Waals surface area (Å²) in [6.45, 7) is 5.85. The number of carbonyl (C=O) groups excluding carboxylic acids is 4. The topological polar surface area (TPSA) is 105 Å². The molecular weight excluding hydrogens is 633 g/mol. The molecule has 0 radical (unpaired) electrons. The lowest BCUT2D eigenvalue weighted by Gasteiger charge is -2.51. The van der Waals surface area contributed by atoms with Gasteiger partial charge in [0, 0.05) is 18.7 Å². The number of nitrogens with one attached hydrogen (secondary N) is 1. The molecule has 2 saturated heterocycles. The first-order valence-corrected chi connectivity index (χ1v) is 16.6. The number of nitrogens with zero attached hydrogens (tertiary/aromatic N) is 2. The number of hydrogen-bond donors (Lipinski definition) is 1. The van der Waals surface area contributed by atoms with Gasteiger partial charge in [-0.1, -0.05) is 72.8 Å². The molecule has 1 N–H and O–H groups in total. The van der Waals surface area contributed by atoms with Crippen LogP contribution in [-0.4, -0.2) is 63.3 Å². The van der Waals surface area contributed by atoms with E-state index in [9.17, 15) is 23.6 Å². The zero-order chi connectivity index (χ0) is 34.0. The number of fused-ring (bicyclic) bond motifs is 1. The summed E-state index contributed by atoms with van der Waals surface area (Å²) in [6.07, 6.45) is 0.573. The van der Waals surface area contributed by atoms with Gasteiger partial charge in [0.1, 0.15) is 22.8 Å². The molecular formula is C37H36FN3O6S. The van der Waals surface area contributed by atoms with Crippen LogP contribution in [0.5, 0.6) is 0 Å². The van der Waals surface area contributed by atoms with Gasteiger partial charge in [0.05, 0.1) is 0 Å². The number of thioether (sulfide) groups is 1. The Kier molecular flexibility index (Phi) is 9.41. The molecule has 0 bridgehead atoms. The number of halogens is 1. The normalized spacial score (nSPS) is 21.5. The second-order valence-corrected chi connectivity index (χ2v) is 13.8.